The maximum atomic E-state index is 15.1. The largest absolute Gasteiger partial charge is 0.441 e. The van der Waals surface area contributed by atoms with Crippen LogP contribution < -0.4 is 10.6 Å². The van der Waals surface area contributed by atoms with Gasteiger partial charge in [-0.2, -0.15) is 5.10 Å². The van der Waals surface area contributed by atoms with E-state index in [0.29, 0.717) is 34.5 Å². The quantitative estimate of drug-likeness (QED) is 0.372. The summed E-state index contributed by atoms with van der Waals surface area (Å²) in [6, 6.07) is 9.10. The van der Waals surface area contributed by atoms with E-state index >= 15 is 4.39 Å². The lowest BCUT2D eigenvalue weighted by Crippen LogP contribution is -2.39. The molecule has 4 aromatic heterocycles. The molecule has 0 unspecified atom stereocenters. The third-order valence-electron chi connectivity index (χ3n) is 6.39. The van der Waals surface area contributed by atoms with E-state index in [0.717, 1.165) is 18.5 Å². The Bertz CT molecular complexity index is 1420. The zero-order valence-corrected chi connectivity index (χ0v) is 19.7. The van der Waals surface area contributed by atoms with Crippen LogP contribution in [0, 0.1) is 6.92 Å². The van der Waals surface area contributed by atoms with Gasteiger partial charge in [0, 0.05) is 30.1 Å². The summed E-state index contributed by atoms with van der Waals surface area (Å²) >= 11 is 0. The Morgan fingerprint density at radius 1 is 1.28 bits per heavy atom. The number of hydrogen-bond donors (Lipinski definition) is 3. The molecule has 0 bridgehead atoms. The van der Waals surface area contributed by atoms with Crippen molar-refractivity contribution in [1.82, 2.24) is 34.9 Å². The fourth-order valence-corrected chi connectivity index (χ4v) is 4.17. The summed E-state index contributed by atoms with van der Waals surface area (Å²) < 4.78 is 27.8. The molecule has 36 heavy (non-hydrogen) atoms. The SMILES string of the molecule is Cc1cn2c(Nc3cc([C@@H]4OC[C@H](OC(=O)NC5(C)CC5)[C@H]4F)[nH]n3)nc(-c3ccccn3)cc2n1. The number of aromatic amines is 1. The van der Waals surface area contributed by atoms with Crippen LogP contribution >= 0.6 is 0 Å². The van der Waals surface area contributed by atoms with Crippen LogP contribution in [0.1, 0.15) is 37.3 Å². The predicted molar refractivity (Wildman–Crippen MR) is 127 cm³/mol. The molecular weight excluding hydrogens is 467 g/mol. The molecule has 3 atom stereocenters. The molecule has 1 aliphatic heterocycles. The topological polar surface area (TPSA) is 131 Å². The lowest BCUT2D eigenvalue weighted by atomic mass is 10.1. The van der Waals surface area contributed by atoms with Crippen molar-refractivity contribution < 1.29 is 18.7 Å². The number of aromatic nitrogens is 6. The summed E-state index contributed by atoms with van der Waals surface area (Å²) in [5, 5.41) is 13.0. The van der Waals surface area contributed by atoms with Crippen LogP contribution in [-0.4, -0.2) is 60.1 Å². The minimum atomic E-state index is -1.54. The number of rotatable bonds is 6. The van der Waals surface area contributed by atoms with Gasteiger partial charge in [-0.05, 0) is 38.8 Å². The first kappa shape index (κ1) is 22.4. The number of nitrogens with zero attached hydrogens (tertiary/aromatic N) is 5. The molecule has 2 fully saturated rings. The van der Waals surface area contributed by atoms with Crippen molar-refractivity contribution in [2.75, 3.05) is 11.9 Å². The van der Waals surface area contributed by atoms with E-state index in [2.05, 4.69) is 30.8 Å². The number of carbonyl (C=O) groups is 1. The molecule has 1 amide bonds. The highest BCUT2D eigenvalue weighted by molar-refractivity contribution is 5.69. The van der Waals surface area contributed by atoms with Crippen molar-refractivity contribution in [3.63, 3.8) is 0 Å². The first-order valence-corrected chi connectivity index (χ1v) is 11.7. The van der Waals surface area contributed by atoms with Crippen LogP contribution in [-0.2, 0) is 9.47 Å². The van der Waals surface area contributed by atoms with Crippen molar-refractivity contribution in [3.05, 3.63) is 54.1 Å². The Balaban J connectivity index is 1.20. The van der Waals surface area contributed by atoms with Gasteiger partial charge in [-0.3, -0.25) is 14.5 Å². The second-order valence-electron chi connectivity index (χ2n) is 9.45. The number of amides is 1. The van der Waals surface area contributed by atoms with E-state index < -0.39 is 24.5 Å². The first-order valence-electron chi connectivity index (χ1n) is 11.7. The summed E-state index contributed by atoms with van der Waals surface area (Å²) in [5.74, 6) is 0.894. The minimum Gasteiger partial charge on any atom is -0.441 e. The second-order valence-corrected chi connectivity index (χ2v) is 9.45. The van der Waals surface area contributed by atoms with Gasteiger partial charge in [0.05, 0.1) is 29.4 Å². The number of fused-ring (bicyclic) bond motifs is 1. The number of alkyl carbamates (subject to hydrolysis) is 1. The van der Waals surface area contributed by atoms with Crippen molar-refractivity contribution in [1.29, 1.82) is 0 Å². The molecule has 1 saturated carbocycles. The van der Waals surface area contributed by atoms with E-state index in [-0.39, 0.29) is 12.1 Å². The fraction of sp³-hybridized carbons (Fsp3) is 0.375. The van der Waals surface area contributed by atoms with Crippen molar-refractivity contribution in [2.45, 2.75) is 50.6 Å². The zero-order chi connectivity index (χ0) is 24.9. The van der Waals surface area contributed by atoms with Gasteiger partial charge >= 0.3 is 6.09 Å². The molecule has 1 aliphatic carbocycles. The highest BCUT2D eigenvalue weighted by atomic mass is 19.1. The average Bonchev–Trinajstić information content (AvgIpc) is 3.18. The van der Waals surface area contributed by atoms with Crippen molar-refractivity contribution >= 4 is 23.5 Å². The van der Waals surface area contributed by atoms with Crippen LogP contribution in [0.5, 0.6) is 0 Å². The smallest absolute Gasteiger partial charge is 0.408 e. The summed E-state index contributed by atoms with van der Waals surface area (Å²) in [7, 11) is 0. The third kappa shape index (κ3) is 4.35. The van der Waals surface area contributed by atoms with Crippen molar-refractivity contribution in [3.8, 4) is 11.4 Å². The molecule has 0 spiro atoms. The molecule has 3 N–H and O–H groups in total. The Morgan fingerprint density at radius 2 is 2.14 bits per heavy atom. The van der Waals surface area contributed by atoms with Crippen LogP contribution in [0.25, 0.3) is 17.0 Å². The Kier molecular flexibility index (Phi) is 5.32. The number of ether oxygens (including phenoxy) is 2. The van der Waals surface area contributed by atoms with Gasteiger partial charge in [0.25, 0.3) is 0 Å². The molecule has 6 rings (SSSR count). The summed E-state index contributed by atoms with van der Waals surface area (Å²) in [5.41, 5.74) is 3.05. The van der Waals surface area contributed by atoms with Gasteiger partial charge in [0.1, 0.15) is 11.8 Å². The van der Waals surface area contributed by atoms with Crippen molar-refractivity contribution in [2.24, 2.45) is 0 Å². The maximum absolute atomic E-state index is 15.1. The molecule has 12 heteroatoms. The monoisotopic (exact) mass is 492 g/mol. The molecule has 5 heterocycles. The van der Waals surface area contributed by atoms with Crippen LogP contribution in [0.4, 0.5) is 21.0 Å². The zero-order valence-electron chi connectivity index (χ0n) is 19.7. The lowest BCUT2D eigenvalue weighted by Gasteiger charge is -2.17. The Hall–Kier alpha value is -4.06. The number of hydrogen-bond acceptors (Lipinski definition) is 8. The lowest BCUT2D eigenvalue weighted by molar-refractivity contribution is 0.0604. The summed E-state index contributed by atoms with van der Waals surface area (Å²) in [6.07, 6.45) is 1.23. The van der Waals surface area contributed by atoms with Crippen LogP contribution in [0.15, 0.2) is 42.7 Å². The Labute approximate surface area is 205 Å². The normalized spacial score (nSPS) is 22.5. The fourth-order valence-electron chi connectivity index (χ4n) is 4.17. The molecule has 0 aromatic carbocycles. The summed E-state index contributed by atoms with van der Waals surface area (Å²) in [6.45, 7) is 3.78. The van der Waals surface area contributed by atoms with E-state index in [1.165, 1.54) is 0 Å². The number of halogens is 1. The Morgan fingerprint density at radius 3 is 2.92 bits per heavy atom. The number of pyridine rings is 1. The van der Waals surface area contributed by atoms with Gasteiger partial charge in [-0.1, -0.05) is 6.07 Å². The maximum Gasteiger partial charge on any atom is 0.408 e. The number of carbonyl (C=O) groups excluding carboxylic acids is 1. The predicted octanol–water partition coefficient (Wildman–Crippen LogP) is 3.62. The van der Waals surface area contributed by atoms with Crippen LogP contribution in [0.3, 0.4) is 0 Å². The average molecular weight is 493 g/mol. The van der Waals surface area contributed by atoms with E-state index in [9.17, 15) is 4.79 Å². The molecule has 1 saturated heterocycles. The van der Waals surface area contributed by atoms with Gasteiger partial charge in [0.15, 0.2) is 18.1 Å². The standard InChI is InChI=1S/C24H25FN8O3/c1-13-11-33-19(27-13)10-15(14-5-3-4-8-26-14)28-22(33)29-18-9-16(31-32-18)21-20(25)17(12-35-21)36-23(34)30-24(2)6-7-24/h3-5,8-11,17,20-21H,6-7,12H2,1-2H3,(H,30,34)(H2,28,29,31,32)/t17-,20+,21-/m0/s1. The number of imidazole rings is 1. The highest BCUT2D eigenvalue weighted by Gasteiger charge is 2.44. The number of aryl methyl sites for hydroxylation is 1. The molecule has 2 aliphatic rings. The minimum absolute atomic E-state index is 0.0413. The molecular formula is C24H25FN8O3. The second kappa shape index (κ2) is 8.55. The molecule has 186 valence electrons. The molecule has 4 aromatic rings. The van der Waals surface area contributed by atoms with E-state index in [1.807, 2.05) is 48.7 Å². The number of H-pyrrole nitrogens is 1. The molecule has 0 radical (unpaired) electrons. The van der Waals surface area contributed by atoms with Gasteiger partial charge in [-0.15, -0.1) is 0 Å². The van der Waals surface area contributed by atoms with Crippen LogP contribution in [0.2, 0.25) is 0 Å². The van der Waals surface area contributed by atoms with E-state index in [4.69, 9.17) is 14.5 Å². The number of nitrogens with one attached hydrogen (secondary N) is 3. The third-order valence-corrected chi connectivity index (χ3v) is 6.39. The van der Waals surface area contributed by atoms with Gasteiger partial charge < -0.3 is 20.1 Å². The highest BCUT2D eigenvalue weighted by Crippen LogP contribution is 2.36. The van der Waals surface area contributed by atoms with Gasteiger partial charge in [0.2, 0.25) is 5.95 Å². The number of anilines is 2. The molecule has 11 nitrogen and oxygen atoms in total. The first-order chi connectivity index (χ1) is 17.4. The van der Waals surface area contributed by atoms with Gasteiger partial charge in [-0.25, -0.2) is 19.2 Å². The van der Waals surface area contributed by atoms with E-state index in [1.54, 1.807) is 12.3 Å². The summed E-state index contributed by atoms with van der Waals surface area (Å²) in [4.78, 5) is 25.7. The number of alkyl halides is 1.